The van der Waals surface area contributed by atoms with Crippen LogP contribution in [-0.4, -0.2) is 52.6 Å². The molecular weight excluding hydrogens is 224 g/mol. The van der Waals surface area contributed by atoms with Crippen molar-refractivity contribution in [1.82, 2.24) is 4.98 Å². The average molecular weight is 240 g/mol. The molecule has 6 heteroatoms. The molecule has 0 fully saturated rings. The van der Waals surface area contributed by atoms with E-state index in [1.54, 1.807) is 11.8 Å². The van der Waals surface area contributed by atoms with Gasteiger partial charge in [-0.3, -0.25) is 0 Å². The predicted molar refractivity (Wildman–Crippen MR) is 62.3 cm³/mol. The van der Waals surface area contributed by atoms with E-state index in [1.165, 1.54) is 12.1 Å². The van der Waals surface area contributed by atoms with E-state index in [9.17, 15) is 4.79 Å². The Morgan fingerprint density at radius 2 is 1.88 bits per heavy atom. The number of nitrogens with zero attached hydrogens (tertiary/aromatic N) is 2. The topological polar surface area (TPSA) is 93.9 Å². The van der Waals surface area contributed by atoms with Gasteiger partial charge in [-0.25, -0.2) is 9.78 Å². The first kappa shape index (κ1) is 13.4. The van der Waals surface area contributed by atoms with E-state index >= 15 is 0 Å². The van der Waals surface area contributed by atoms with Gasteiger partial charge in [-0.2, -0.15) is 0 Å². The number of hydrogen-bond acceptors (Lipinski definition) is 5. The molecule has 6 nitrogen and oxygen atoms in total. The van der Waals surface area contributed by atoms with Gasteiger partial charge in [-0.1, -0.05) is 0 Å². The minimum atomic E-state index is -1.02. The van der Waals surface area contributed by atoms with Gasteiger partial charge in [0.15, 0.2) is 0 Å². The van der Waals surface area contributed by atoms with Crippen molar-refractivity contribution in [1.29, 1.82) is 0 Å². The molecule has 1 rings (SSSR count). The van der Waals surface area contributed by atoms with Gasteiger partial charge in [0.2, 0.25) is 0 Å². The zero-order valence-corrected chi connectivity index (χ0v) is 9.63. The number of anilines is 1. The summed E-state index contributed by atoms with van der Waals surface area (Å²) in [6, 6.07) is 2.91. The van der Waals surface area contributed by atoms with E-state index in [0.717, 1.165) is 0 Å². The summed E-state index contributed by atoms with van der Waals surface area (Å²) in [5.74, 6) is -0.574. The van der Waals surface area contributed by atoms with Crippen molar-refractivity contribution >= 4 is 11.8 Å². The summed E-state index contributed by atoms with van der Waals surface area (Å²) in [5.41, 5.74) is 0.731. The molecule has 0 bridgehead atoms. The fraction of sp³-hybridized carbons (Fsp3) is 0.455. The van der Waals surface area contributed by atoms with Gasteiger partial charge in [-0.05, 0) is 19.1 Å². The summed E-state index contributed by atoms with van der Waals surface area (Å²) in [4.78, 5) is 16.7. The van der Waals surface area contributed by atoms with E-state index < -0.39 is 5.97 Å². The first-order valence-electron chi connectivity index (χ1n) is 5.27. The lowest BCUT2D eigenvalue weighted by Gasteiger charge is -2.22. The van der Waals surface area contributed by atoms with Gasteiger partial charge in [-0.15, -0.1) is 0 Å². The normalized spacial score (nSPS) is 10.3. The molecule has 1 aromatic rings. The molecule has 94 valence electrons. The number of carboxylic acid groups (broad SMARTS) is 1. The highest BCUT2D eigenvalue weighted by Gasteiger charge is 2.11. The van der Waals surface area contributed by atoms with E-state index in [0.29, 0.717) is 24.6 Å². The van der Waals surface area contributed by atoms with Crippen molar-refractivity contribution in [2.24, 2.45) is 0 Å². The smallest absolute Gasteiger partial charge is 0.335 e. The summed E-state index contributed by atoms with van der Waals surface area (Å²) < 4.78 is 0. The van der Waals surface area contributed by atoms with Crippen LogP contribution < -0.4 is 4.90 Å². The third-order valence-corrected chi connectivity index (χ3v) is 2.25. The van der Waals surface area contributed by atoms with Crippen LogP contribution in [0.5, 0.6) is 0 Å². The van der Waals surface area contributed by atoms with Crippen molar-refractivity contribution in [3.8, 4) is 0 Å². The number of aliphatic hydroxyl groups is 2. The molecule has 0 aliphatic rings. The van der Waals surface area contributed by atoms with E-state index in [4.69, 9.17) is 15.3 Å². The van der Waals surface area contributed by atoms with Crippen LogP contribution >= 0.6 is 0 Å². The molecule has 0 amide bonds. The van der Waals surface area contributed by atoms with Crippen molar-refractivity contribution in [2.45, 2.75) is 6.92 Å². The van der Waals surface area contributed by atoms with Crippen molar-refractivity contribution in [2.75, 3.05) is 31.2 Å². The molecular formula is C11H16N2O4. The second kappa shape index (κ2) is 6.17. The lowest BCUT2D eigenvalue weighted by Crippen LogP contribution is -2.30. The number of carbonyl (C=O) groups is 1. The summed E-state index contributed by atoms with van der Waals surface area (Å²) in [6.45, 7) is 2.13. The van der Waals surface area contributed by atoms with Crippen LogP contribution in [0, 0.1) is 6.92 Å². The van der Waals surface area contributed by atoms with Crippen molar-refractivity contribution in [3.63, 3.8) is 0 Å². The molecule has 0 aromatic carbocycles. The number of aromatic carboxylic acids is 1. The third kappa shape index (κ3) is 3.69. The Labute approximate surface area is 99.1 Å². The molecule has 1 aromatic heterocycles. The second-order valence-electron chi connectivity index (χ2n) is 3.59. The van der Waals surface area contributed by atoms with Gasteiger partial charge < -0.3 is 20.2 Å². The molecule has 0 unspecified atom stereocenters. The van der Waals surface area contributed by atoms with E-state index in [-0.39, 0.29) is 18.8 Å². The standard InChI is InChI=1S/C11H16N2O4/c1-8-6-9(11(16)17)7-10(12-8)13(2-4-14)3-5-15/h6-7,14-15H,2-5H2,1H3,(H,16,17). The Morgan fingerprint density at radius 3 is 2.35 bits per heavy atom. The Hall–Kier alpha value is -1.66. The first-order valence-corrected chi connectivity index (χ1v) is 5.27. The second-order valence-corrected chi connectivity index (χ2v) is 3.59. The summed E-state index contributed by atoms with van der Waals surface area (Å²) >= 11 is 0. The third-order valence-electron chi connectivity index (χ3n) is 2.25. The van der Waals surface area contributed by atoms with Gasteiger partial charge in [0.1, 0.15) is 5.82 Å². The monoisotopic (exact) mass is 240 g/mol. The zero-order valence-electron chi connectivity index (χ0n) is 9.63. The zero-order chi connectivity index (χ0) is 12.8. The summed E-state index contributed by atoms with van der Waals surface area (Å²) in [7, 11) is 0. The number of aromatic nitrogens is 1. The molecule has 1 heterocycles. The largest absolute Gasteiger partial charge is 0.478 e. The molecule has 0 saturated heterocycles. The highest BCUT2D eigenvalue weighted by Crippen LogP contribution is 2.14. The Kier molecular flexibility index (Phi) is 4.86. The fourth-order valence-electron chi connectivity index (χ4n) is 1.52. The van der Waals surface area contributed by atoms with Crippen LogP contribution in [0.15, 0.2) is 12.1 Å². The molecule has 3 N–H and O–H groups in total. The number of carboxylic acids is 1. The van der Waals surface area contributed by atoms with E-state index in [2.05, 4.69) is 4.98 Å². The SMILES string of the molecule is Cc1cc(C(=O)O)cc(N(CCO)CCO)n1. The lowest BCUT2D eigenvalue weighted by molar-refractivity contribution is 0.0696. The Balaban J connectivity index is 3.04. The molecule has 0 atom stereocenters. The molecule has 0 spiro atoms. The molecule has 0 aliphatic carbocycles. The maximum atomic E-state index is 10.9. The fourth-order valence-corrected chi connectivity index (χ4v) is 1.52. The highest BCUT2D eigenvalue weighted by molar-refractivity contribution is 5.88. The molecule has 0 saturated carbocycles. The van der Waals surface area contributed by atoms with Crippen LogP contribution in [0.1, 0.15) is 16.1 Å². The Bertz CT molecular complexity index is 389. The van der Waals surface area contributed by atoms with Gasteiger partial charge >= 0.3 is 5.97 Å². The number of aliphatic hydroxyl groups excluding tert-OH is 2. The maximum Gasteiger partial charge on any atom is 0.335 e. The first-order chi connectivity index (χ1) is 8.08. The summed E-state index contributed by atoms with van der Waals surface area (Å²) in [6.07, 6.45) is 0. The van der Waals surface area contributed by atoms with Crippen LogP contribution in [-0.2, 0) is 0 Å². The molecule has 0 aliphatic heterocycles. The number of aryl methyl sites for hydroxylation is 1. The van der Waals surface area contributed by atoms with Gasteiger partial charge in [0.05, 0.1) is 18.8 Å². The van der Waals surface area contributed by atoms with Crippen LogP contribution in [0.3, 0.4) is 0 Å². The predicted octanol–water partition coefficient (Wildman–Crippen LogP) is -0.121. The highest BCUT2D eigenvalue weighted by atomic mass is 16.4. The summed E-state index contributed by atoms with van der Waals surface area (Å²) in [5, 5.41) is 26.7. The number of pyridine rings is 1. The van der Waals surface area contributed by atoms with Crippen molar-refractivity contribution < 1.29 is 20.1 Å². The lowest BCUT2D eigenvalue weighted by atomic mass is 10.2. The maximum absolute atomic E-state index is 10.9. The number of hydrogen-bond donors (Lipinski definition) is 3. The molecule has 17 heavy (non-hydrogen) atoms. The Morgan fingerprint density at radius 1 is 1.29 bits per heavy atom. The van der Waals surface area contributed by atoms with Gasteiger partial charge in [0, 0.05) is 18.8 Å². The van der Waals surface area contributed by atoms with Crippen LogP contribution in [0.25, 0.3) is 0 Å². The molecule has 0 radical (unpaired) electrons. The van der Waals surface area contributed by atoms with Gasteiger partial charge in [0.25, 0.3) is 0 Å². The minimum Gasteiger partial charge on any atom is -0.478 e. The average Bonchev–Trinajstić information content (AvgIpc) is 2.28. The van der Waals surface area contributed by atoms with Crippen LogP contribution in [0.4, 0.5) is 5.82 Å². The van der Waals surface area contributed by atoms with E-state index in [1.807, 2.05) is 0 Å². The number of rotatable bonds is 6. The van der Waals surface area contributed by atoms with Crippen LogP contribution in [0.2, 0.25) is 0 Å². The quantitative estimate of drug-likeness (QED) is 0.641. The minimum absolute atomic E-state index is 0.0853. The van der Waals surface area contributed by atoms with Crippen molar-refractivity contribution in [3.05, 3.63) is 23.4 Å².